The van der Waals surface area contributed by atoms with Gasteiger partial charge in [-0.3, -0.25) is 4.90 Å². The van der Waals surface area contributed by atoms with Crippen LogP contribution in [0.3, 0.4) is 0 Å². The maximum absolute atomic E-state index is 12.5. The zero-order valence-corrected chi connectivity index (χ0v) is 14.7. The highest BCUT2D eigenvalue weighted by molar-refractivity contribution is 5.75. The second-order valence-electron chi connectivity index (χ2n) is 8.02. The standard InChI is InChI=1S/C17H33N3O2/c1-16(2,19-10-6-5-7-11-19)13-18-15(21)20-12-8-9-14(20)17(3,4)22/h14,22H,5-13H2,1-4H3,(H,18,21)/t14-/m1/s1. The zero-order valence-electron chi connectivity index (χ0n) is 14.7. The Morgan fingerprint density at radius 2 is 1.73 bits per heavy atom. The van der Waals surface area contributed by atoms with Crippen molar-refractivity contribution < 1.29 is 9.90 Å². The fourth-order valence-corrected chi connectivity index (χ4v) is 3.75. The van der Waals surface area contributed by atoms with E-state index >= 15 is 0 Å². The predicted molar refractivity (Wildman–Crippen MR) is 88.9 cm³/mol. The van der Waals surface area contributed by atoms with Crippen molar-refractivity contribution >= 4 is 6.03 Å². The Morgan fingerprint density at radius 1 is 1.09 bits per heavy atom. The second-order valence-corrected chi connectivity index (χ2v) is 8.02. The SMILES string of the molecule is CC(C)(O)[C@H]1CCCN1C(=O)NCC(C)(C)N1CCCCC1. The van der Waals surface area contributed by atoms with E-state index in [9.17, 15) is 9.90 Å². The molecule has 2 heterocycles. The highest BCUT2D eigenvalue weighted by Crippen LogP contribution is 2.27. The van der Waals surface area contributed by atoms with Crippen molar-refractivity contribution in [3.63, 3.8) is 0 Å². The number of likely N-dealkylation sites (tertiary alicyclic amines) is 2. The highest BCUT2D eigenvalue weighted by Gasteiger charge is 2.39. The van der Waals surface area contributed by atoms with Gasteiger partial charge in [-0.05, 0) is 66.5 Å². The Hall–Kier alpha value is -0.810. The Morgan fingerprint density at radius 3 is 2.32 bits per heavy atom. The lowest BCUT2D eigenvalue weighted by atomic mass is 9.97. The zero-order chi connectivity index (χ0) is 16.4. The minimum absolute atomic E-state index is 0.0139. The van der Waals surface area contributed by atoms with Gasteiger partial charge in [-0.2, -0.15) is 0 Å². The number of aliphatic hydroxyl groups is 1. The number of nitrogens with one attached hydrogen (secondary N) is 1. The summed E-state index contributed by atoms with van der Waals surface area (Å²) in [6, 6.07) is -0.111. The summed E-state index contributed by atoms with van der Waals surface area (Å²) in [4.78, 5) is 16.8. The topological polar surface area (TPSA) is 55.8 Å². The molecule has 0 aliphatic carbocycles. The maximum Gasteiger partial charge on any atom is 0.317 e. The number of urea groups is 1. The molecule has 0 aromatic carbocycles. The number of hydrogen-bond acceptors (Lipinski definition) is 3. The average Bonchev–Trinajstić information content (AvgIpc) is 2.95. The van der Waals surface area contributed by atoms with Gasteiger partial charge in [0.2, 0.25) is 0 Å². The molecule has 2 aliphatic heterocycles. The molecule has 0 aromatic heterocycles. The van der Waals surface area contributed by atoms with Crippen LogP contribution in [-0.2, 0) is 0 Å². The van der Waals surface area contributed by atoms with Crippen molar-refractivity contribution in [1.82, 2.24) is 15.1 Å². The smallest absolute Gasteiger partial charge is 0.317 e. The Balaban J connectivity index is 1.89. The molecule has 22 heavy (non-hydrogen) atoms. The molecule has 0 saturated carbocycles. The molecule has 2 fully saturated rings. The monoisotopic (exact) mass is 311 g/mol. The van der Waals surface area contributed by atoms with E-state index in [2.05, 4.69) is 24.1 Å². The molecule has 1 atom stereocenters. The van der Waals surface area contributed by atoms with Gasteiger partial charge < -0.3 is 15.3 Å². The van der Waals surface area contributed by atoms with E-state index in [0.717, 1.165) is 32.5 Å². The lowest BCUT2D eigenvalue weighted by molar-refractivity contribution is 0.00907. The number of carbonyl (C=O) groups excluding carboxylic acids is 1. The molecule has 2 amide bonds. The van der Waals surface area contributed by atoms with Crippen molar-refractivity contribution in [2.75, 3.05) is 26.2 Å². The molecular formula is C17H33N3O2. The number of piperidine rings is 1. The number of rotatable bonds is 4. The van der Waals surface area contributed by atoms with Crippen molar-refractivity contribution in [2.45, 2.75) is 77.0 Å². The lowest BCUT2D eigenvalue weighted by Gasteiger charge is -2.41. The van der Waals surface area contributed by atoms with Crippen molar-refractivity contribution in [1.29, 1.82) is 0 Å². The third-order valence-electron chi connectivity index (χ3n) is 5.21. The van der Waals surface area contributed by atoms with Crippen molar-refractivity contribution in [3.8, 4) is 0 Å². The molecule has 2 rings (SSSR count). The van der Waals surface area contributed by atoms with Gasteiger partial charge in [0.05, 0.1) is 11.6 Å². The molecule has 0 unspecified atom stereocenters. The Labute approximate surface area is 135 Å². The summed E-state index contributed by atoms with van der Waals surface area (Å²) in [5, 5.41) is 13.3. The van der Waals surface area contributed by atoms with Crippen LogP contribution in [0.5, 0.6) is 0 Å². The quantitative estimate of drug-likeness (QED) is 0.837. The van der Waals surface area contributed by atoms with Crippen LogP contribution in [0.2, 0.25) is 0 Å². The van der Waals surface area contributed by atoms with Gasteiger partial charge in [0.15, 0.2) is 0 Å². The molecule has 0 radical (unpaired) electrons. The summed E-state index contributed by atoms with van der Waals surface area (Å²) in [5.74, 6) is 0. The van der Waals surface area contributed by atoms with Crippen molar-refractivity contribution in [2.24, 2.45) is 0 Å². The van der Waals surface area contributed by atoms with E-state index in [1.165, 1.54) is 19.3 Å². The minimum atomic E-state index is -0.837. The largest absolute Gasteiger partial charge is 0.388 e. The number of hydrogen-bond donors (Lipinski definition) is 2. The maximum atomic E-state index is 12.5. The summed E-state index contributed by atoms with van der Waals surface area (Å²) in [6.07, 6.45) is 5.68. The highest BCUT2D eigenvalue weighted by atomic mass is 16.3. The predicted octanol–water partition coefficient (Wildman–Crippen LogP) is 2.20. The molecule has 2 aliphatic rings. The number of nitrogens with zero attached hydrogens (tertiary/aromatic N) is 2. The minimum Gasteiger partial charge on any atom is -0.388 e. The second kappa shape index (κ2) is 6.75. The van der Waals surface area contributed by atoms with Gasteiger partial charge in [0.1, 0.15) is 0 Å². The Kier molecular flexibility index (Phi) is 5.38. The molecular weight excluding hydrogens is 278 g/mol. The van der Waals surface area contributed by atoms with E-state index in [0.29, 0.717) is 6.54 Å². The van der Waals surface area contributed by atoms with Crippen molar-refractivity contribution in [3.05, 3.63) is 0 Å². The summed E-state index contributed by atoms with van der Waals surface area (Å²) >= 11 is 0. The van der Waals surface area contributed by atoms with E-state index in [4.69, 9.17) is 0 Å². The van der Waals surface area contributed by atoms with Gasteiger partial charge in [0.25, 0.3) is 0 Å². The molecule has 2 saturated heterocycles. The van der Waals surface area contributed by atoms with E-state index in [-0.39, 0.29) is 17.6 Å². The first kappa shape index (κ1) is 17.5. The van der Waals surface area contributed by atoms with E-state index in [1.54, 1.807) is 13.8 Å². The van der Waals surface area contributed by atoms with Crippen LogP contribution in [0.25, 0.3) is 0 Å². The first-order valence-corrected chi connectivity index (χ1v) is 8.74. The van der Waals surface area contributed by atoms with Gasteiger partial charge >= 0.3 is 6.03 Å². The fourth-order valence-electron chi connectivity index (χ4n) is 3.75. The lowest BCUT2D eigenvalue weighted by Crippen LogP contribution is -2.57. The number of amides is 2. The van der Waals surface area contributed by atoms with E-state index in [1.807, 2.05) is 4.90 Å². The third-order valence-corrected chi connectivity index (χ3v) is 5.21. The molecule has 5 heteroatoms. The van der Waals surface area contributed by atoms with Crippen LogP contribution in [0, 0.1) is 0 Å². The molecule has 128 valence electrons. The molecule has 0 spiro atoms. The van der Waals surface area contributed by atoms with E-state index < -0.39 is 5.60 Å². The molecule has 2 N–H and O–H groups in total. The van der Waals surface area contributed by atoms with Crippen LogP contribution >= 0.6 is 0 Å². The first-order chi connectivity index (χ1) is 10.2. The summed E-state index contributed by atoms with van der Waals surface area (Å²) in [7, 11) is 0. The fraction of sp³-hybridized carbons (Fsp3) is 0.941. The summed E-state index contributed by atoms with van der Waals surface area (Å²) < 4.78 is 0. The third kappa shape index (κ3) is 4.13. The van der Waals surface area contributed by atoms with Gasteiger partial charge in [-0.15, -0.1) is 0 Å². The molecule has 0 bridgehead atoms. The Bertz CT molecular complexity index is 384. The summed E-state index contributed by atoms with van der Waals surface area (Å²) in [6.45, 7) is 11.6. The first-order valence-electron chi connectivity index (χ1n) is 8.74. The van der Waals surface area contributed by atoms with Gasteiger partial charge in [-0.1, -0.05) is 6.42 Å². The molecule has 5 nitrogen and oxygen atoms in total. The normalized spacial score (nSPS) is 24.6. The van der Waals surface area contributed by atoms with Crippen LogP contribution in [0.4, 0.5) is 4.79 Å². The average molecular weight is 311 g/mol. The van der Waals surface area contributed by atoms with Crippen LogP contribution < -0.4 is 5.32 Å². The van der Waals surface area contributed by atoms with Gasteiger partial charge in [-0.25, -0.2) is 4.79 Å². The van der Waals surface area contributed by atoms with Crippen LogP contribution in [0.1, 0.15) is 59.8 Å². The van der Waals surface area contributed by atoms with Crippen LogP contribution in [0.15, 0.2) is 0 Å². The van der Waals surface area contributed by atoms with Gasteiger partial charge in [0, 0.05) is 18.6 Å². The number of carbonyl (C=O) groups is 1. The summed E-state index contributed by atoms with van der Waals surface area (Å²) in [5.41, 5.74) is -0.851. The van der Waals surface area contributed by atoms with Crippen LogP contribution in [-0.4, -0.2) is 64.3 Å². The molecule has 0 aromatic rings.